The highest BCUT2D eigenvalue weighted by molar-refractivity contribution is 6.30. The van der Waals surface area contributed by atoms with Crippen molar-refractivity contribution < 1.29 is 4.74 Å². The third-order valence-electron chi connectivity index (χ3n) is 2.35. The Labute approximate surface area is 96.6 Å². The van der Waals surface area contributed by atoms with E-state index in [0.29, 0.717) is 5.92 Å². The van der Waals surface area contributed by atoms with Crippen LogP contribution in [0.2, 0.25) is 5.02 Å². The van der Waals surface area contributed by atoms with Crippen LogP contribution in [0.3, 0.4) is 0 Å². The maximum Gasteiger partial charge on any atom is 0.0543 e. The van der Waals surface area contributed by atoms with E-state index in [1.165, 1.54) is 5.56 Å². The minimum absolute atomic E-state index is 0.396. The number of rotatable bonds is 6. The summed E-state index contributed by atoms with van der Waals surface area (Å²) in [7, 11) is 1.73. The molecule has 0 radical (unpaired) electrons. The molecule has 1 N–H and O–H groups in total. The van der Waals surface area contributed by atoms with Gasteiger partial charge >= 0.3 is 0 Å². The fourth-order valence-electron chi connectivity index (χ4n) is 1.53. The van der Waals surface area contributed by atoms with E-state index in [0.717, 1.165) is 24.7 Å². The standard InChI is InChI=1S/C12H18ClNO/c1-3-14-8-11(9-15-2)10-4-6-12(13)7-5-10/h4-7,11,14H,3,8-9H2,1-2H3. The third kappa shape index (κ3) is 4.20. The van der Waals surface area contributed by atoms with Gasteiger partial charge in [-0.1, -0.05) is 30.7 Å². The summed E-state index contributed by atoms with van der Waals surface area (Å²) in [5, 5.41) is 4.11. The Morgan fingerprint density at radius 2 is 2.00 bits per heavy atom. The van der Waals surface area contributed by atoms with Gasteiger partial charge in [0.25, 0.3) is 0 Å². The maximum atomic E-state index is 5.85. The first-order valence-corrected chi connectivity index (χ1v) is 5.60. The number of nitrogens with one attached hydrogen (secondary N) is 1. The zero-order valence-electron chi connectivity index (χ0n) is 9.29. The Kier molecular flexibility index (Phi) is 5.69. The van der Waals surface area contributed by atoms with Crippen molar-refractivity contribution >= 4 is 11.6 Å². The van der Waals surface area contributed by atoms with Gasteiger partial charge < -0.3 is 10.1 Å². The van der Waals surface area contributed by atoms with Crippen LogP contribution in [-0.2, 0) is 4.74 Å². The summed E-state index contributed by atoms with van der Waals surface area (Å²) >= 11 is 5.85. The molecule has 3 heteroatoms. The lowest BCUT2D eigenvalue weighted by molar-refractivity contribution is 0.178. The van der Waals surface area contributed by atoms with Crippen LogP contribution in [0.15, 0.2) is 24.3 Å². The van der Waals surface area contributed by atoms with E-state index < -0.39 is 0 Å². The number of benzene rings is 1. The van der Waals surface area contributed by atoms with Crippen LogP contribution < -0.4 is 5.32 Å². The Hall–Kier alpha value is -0.570. The number of ether oxygens (including phenoxy) is 1. The minimum Gasteiger partial charge on any atom is -0.384 e. The number of methoxy groups -OCH3 is 1. The summed E-state index contributed by atoms with van der Waals surface area (Å²) in [4.78, 5) is 0. The second-order valence-electron chi connectivity index (χ2n) is 3.51. The van der Waals surface area contributed by atoms with E-state index >= 15 is 0 Å². The Bertz CT molecular complexity index is 273. The topological polar surface area (TPSA) is 21.3 Å². The molecule has 0 aliphatic heterocycles. The predicted octanol–water partition coefficient (Wildman–Crippen LogP) is 2.68. The van der Waals surface area contributed by atoms with E-state index in [-0.39, 0.29) is 0 Å². The van der Waals surface area contributed by atoms with Gasteiger partial charge in [-0.3, -0.25) is 0 Å². The molecule has 0 bridgehead atoms. The van der Waals surface area contributed by atoms with Crippen LogP contribution in [0.25, 0.3) is 0 Å². The monoisotopic (exact) mass is 227 g/mol. The van der Waals surface area contributed by atoms with Gasteiger partial charge in [-0.05, 0) is 24.2 Å². The van der Waals surface area contributed by atoms with Gasteiger partial charge in [-0.15, -0.1) is 0 Å². The molecule has 1 rings (SSSR count). The molecule has 1 unspecified atom stereocenters. The fourth-order valence-corrected chi connectivity index (χ4v) is 1.65. The Morgan fingerprint density at radius 3 is 2.53 bits per heavy atom. The van der Waals surface area contributed by atoms with Crippen molar-refractivity contribution in [3.63, 3.8) is 0 Å². The first-order valence-electron chi connectivity index (χ1n) is 5.23. The van der Waals surface area contributed by atoms with Gasteiger partial charge in [0.05, 0.1) is 6.61 Å². The molecule has 0 heterocycles. The highest BCUT2D eigenvalue weighted by Crippen LogP contribution is 2.18. The molecular formula is C12H18ClNO. The fraction of sp³-hybridized carbons (Fsp3) is 0.500. The lowest BCUT2D eigenvalue weighted by Crippen LogP contribution is -2.24. The van der Waals surface area contributed by atoms with Crippen molar-refractivity contribution in [2.75, 3.05) is 26.8 Å². The quantitative estimate of drug-likeness (QED) is 0.807. The summed E-state index contributed by atoms with van der Waals surface area (Å²) < 4.78 is 5.21. The molecule has 0 amide bonds. The van der Waals surface area contributed by atoms with Crippen molar-refractivity contribution in [1.82, 2.24) is 5.32 Å². The van der Waals surface area contributed by atoms with Crippen LogP contribution in [-0.4, -0.2) is 26.8 Å². The lowest BCUT2D eigenvalue weighted by atomic mass is 10.00. The Balaban J connectivity index is 2.65. The first kappa shape index (κ1) is 12.5. The molecule has 15 heavy (non-hydrogen) atoms. The second-order valence-corrected chi connectivity index (χ2v) is 3.95. The molecule has 0 spiro atoms. The second kappa shape index (κ2) is 6.83. The summed E-state index contributed by atoms with van der Waals surface area (Å²) in [5.41, 5.74) is 1.27. The predicted molar refractivity (Wildman–Crippen MR) is 64.6 cm³/mol. The van der Waals surface area contributed by atoms with Gasteiger partial charge in [-0.25, -0.2) is 0 Å². The maximum absolute atomic E-state index is 5.85. The molecule has 1 aromatic rings. The summed E-state index contributed by atoms with van der Waals surface area (Å²) in [6, 6.07) is 7.96. The van der Waals surface area contributed by atoms with Gasteiger partial charge in [0, 0.05) is 24.6 Å². The van der Waals surface area contributed by atoms with E-state index in [2.05, 4.69) is 24.4 Å². The van der Waals surface area contributed by atoms with Crippen LogP contribution >= 0.6 is 11.6 Å². The highest BCUT2D eigenvalue weighted by atomic mass is 35.5. The molecular weight excluding hydrogens is 210 g/mol. The molecule has 0 saturated carbocycles. The van der Waals surface area contributed by atoms with Gasteiger partial charge in [0.2, 0.25) is 0 Å². The molecule has 2 nitrogen and oxygen atoms in total. The van der Waals surface area contributed by atoms with Crippen molar-refractivity contribution in [3.05, 3.63) is 34.9 Å². The van der Waals surface area contributed by atoms with E-state index in [1.807, 2.05) is 12.1 Å². The molecule has 0 aliphatic carbocycles. The number of halogens is 1. The average Bonchev–Trinajstić information content (AvgIpc) is 2.25. The molecule has 0 fully saturated rings. The zero-order valence-corrected chi connectivity index (χ0v) is 10.1. The van der Waals surface area contributed by atoms with Gasteiger partial charge in [0.1, 0.15) is 0 Å². The molecule has 1 aromatic carbocycles. The lowest BCUT2D eigenvalue weighted by Gasteiger charge is -2.16. The van der Waals surface area contributed by atoms with E-state index in [4.69, 9.17) is 16.3 Å². The van der Waals surface area contributed by atoms with E-state index in [9.17, 15) is 0 Å². The average molecular weight is 228 g/mol. The van der Waals surface area contributed by atoms with Gasteiger partial charge in [0.15, 0.2) is 0 Å². The summed E-state index contributed by atoms with van der Waals surface area (Å²) in [5.74, 6) is 0.396. The largest absolute Gasteiger partial charge is 0.384 e. The van der Waals surface area contributed by atoms with Gasteiger partial charge in [-0.2, -0.15) is 0 Å². The normalized spacial score (nSPS) is 12.7. The van der Waals surface area contributed by atoms with E-state index in [1.54, 1.807) is 7.11 Å². The smallest absolute Gasteiger partial charge is 0.0543 e. The molecule has 1 atom stereocenters. The molecule has 84 valence electrons. The molecule has 0 saturated heterocycles. The first-order chi connectivity index (χ1) is 7.27. The highest BCUT2D eigenvalue weighted by Gasteiger charge is 2.10. The third-order valence-corrected chi connectivity index (χ3v) is 2.60. The van der Waals surface area contributed by atoms with Crippen molar-refractivity contribution in [2.24, 2.45) is 0 Å². The number of hydrogen-bond donors (Lipinski definition) is 1. The van der Waals surface area contributed by atoms with Crippen LogP contribution in [0.4, 0.5) is 0 Å². The number of likely N-dealkylation sites (N-methyl/N-ethyl adjacent to an activating group) is 1. The number of hydrogen-bond acceptors (Lipinski definition) is 2. The van der Waals surface area contributed by atoms with Crippen molar-refractivity contribution in [3.8, 4) is 0 Å². The van der Waals surface area contributed by atoms with Crippen LogP contribution in [0.5, 0.6) is 0 Å². The van der Waals surface area contributed by atoms with Crippen LogP contribution in [0.1, 0.15) is 18.4 Å². The zero-order chi connectivity index (χ0) is 11.1. The Morgan fingerprint density at radius 1 is 1.33 bits per heavy atom. The summed E-state index contributed by atoms with van der Waals surface area (Å²) in [6.07, 6.45) is 0. The van der Waals surface area contributed by atoms with Crippen molar-refractivity contribution in [1.29, 1.82) is 0 Å². The SMILES string of the molecule is CCNCC(COC)c1ccc(Cl)cc1. The summed E-state index contributed by atoms with van der Waals surface area (Å²) in [6.45, 7) is 4.75. The molecule has 0 aliphatic rings. The van der Waals surface area contributed by atoms with Crippen LogP contribution in [0, 0.1) is 0 Å². The van der Waals surface area contributed by atoms with Crippen molar-refractivity contribution in [2.45, 2.75) is 12.8 Å². The minimum atomic E-state index is 0.396. The molecule has 0 aromatic heterocycles.